The second-order valence-corrected chi connectivity index (χ2v) is 7.17. The molecule has 140 valence electrons. The average molecular weight is 415 g/mol. The number of hydrogen-bond donors (Lipinski definition) is 2. The lowest BCUT2D eigenvalue weighted by molar-refractivity contribution is -0.117. The maximum Gasteiger partial charge on any atom is 0.238 e. The number of halogens is 3. The maximum atomic E-state index is 12.4. The molecule has 0 spiro atoms. The van der Waals surface area contributed by atoms with Gasteiger partial charge in [-0.2, -0.15) is 0 Å². The first kappa shape index (κ1) is 21.0. The fourth-order valence-corrected chi connectivity index (χ4v) is 3.90. The molecule has 1 amide bonds. The SMILES string of the molecule is Cl.NC[C@@H]1CN(CC(=O)Nc2c(Cl)cccc2Cl)C[C@H]1c1ccccc1. The van der Waals surface area contributed by atoms with Crippen molar-refractivity contribution in [2.75, 3.05) is 31.5 Å². The highest BCUT2D eigenvalue weighted by Gasteiger charge is 2.33. The first-order chi connectivity index (χ1) is 12.1. The summed E-state index contributed by atoms with van der Waals surface area (Å²) in [5.41, 5.74) is 7.69. The largest absolute Gasteiger partial charge is 0.330 e. The zero-order valence-corrected chi connectivity index (χ0v) is 16.5. The molecule has 3 rings (SSSR count). The number of nitrogens with two attached hydrogens (primary N) is 1. The Morgan fingerprint density at radius 2 is 1.73 bits per heavy atom. The van der Waals surface area contributed by atoms with Crippen molar-refractivity contribution in [2.24, 2.45) is 11.7 Å². The first-order valence-electron chi connectivity index (χ1n) is 8.29. The molecular weight excluding hydrogens is 393 g/mol. The van der Waals surface area contributed by atoms with Gasteiger partial charge in [0.25, 0.3) is 0 Å². The first-order valence-corrected chi connectivity index (χ1v) is 9.05. The number of nitrogens with one attached hydrogen (secondary N) is 1. The molecule has 0 saturated carbocycles. The zero-order chi connectivity index (χ0) is 17.8. The summed E-state index contributed by atoms with van der Waals surface area (Å²) >= 11 is 12.2. The monoisotopic (exact) mass is 413 g/mol. The summed E-state index contributed by atoms with van der Waals surface area (Å²) in [4.78, 5) is 14.5. The number of rotatable bonds is 5. The molecule has 1 heterocycles. The Morgan fingerprint density at radius 3 is 2.35 bits per heavy atom. The van der Waals surface area contributed by atoms with Gasteiger partial charge in [-0.25, -0.2) is 0 Å². The fourth-order valence-electron chi connectivity index (χ4n) is 3.41. The van der Waals surface area contributed by atoms with Gasteiger partial charge >= 0.3 is 0 Å². The van der Waals surface area contributed by atoms with Crippen LogP contribution in [0.15, 0.2) is 48.5 Å². The summed E-state index contributed by atoms with van der Waals surface area (Å²) < 4.78 is 0. The summed E-state index contributed by atoms with van der Waals surface area (Å²) in [6.07, 6.45) is 0. The second-order valence-electron chi connectivity index (χ2n) is 6.35. The molecule has 2 atom stereocenters. The summed E-state index contributed by atoms with van der Waals surface area (Å²) in [5.74, 6) is 0.571. The Morgan fingerprint density at radius 1 is 1.08 bits per heavy atom. The van der Waals surface area contributed by atoms with Crippen LogP contribution in [0.4, 0.5) is 5.69 Å². The minimum Gasteiger partial charge on any atom is -0.330 e. The summed E-state index contributed by atoms with van der Waals surface area (Å²) in [6.45, 7) is 2.52. The summed E-state index contributed by atoms with van der Waals surface area (Å²) in [6, 6.07) is 15.5. The van der Waals surface area contributed by atoms with E-state index in [1.165, 1.54) is 5.56 Å². The van der Waals surface area contributed by atoms with E-state index in [-0.39, 0.29) is 18.3 Å². The van der Waals surface area contributed by atoms with Gasteiger partial charge in [-0.3, -0.25) is 9.69 Å². The van der Waals surface area contributed by atoms with E-state index in [4.69, 9.17) is 28.9 Å². The molecule has 1 fully saturated rings. The molecule has 0 radical (unpaired) electrons. The van der Waals surface area contributed by atoms with Crippen LogP contribution >= 0.6 is 35.6 Å². The fraction of sp³-hybridized carbons (Fsp3) is 0.316. The van der Waals surface area contributed by atoms with E-state index in [1.807, 2.05) is 18.2 Å². The summed E-state index contributed by atoms with van der Waals surface area (Å²) in [5, 5.41) is 3.69. The Bertz CT molecular complexity index is 722. The molecule has 4 nitrogen and oxygen atoms in total. The molecule has 0 aliphatic carbocycles. The number of benzene rings is 2. The van der Waals surface area contributed by atoms with E-state index in [2.05, 4.69) is 22.3 Å². The van der Waals surface area contributed by atoms with Gasteiger partial charge in [0.05, 0.1) is 22.3 Å². The molecule has 0 aromatic heterocycles. The van der Waals surface area contributed by atoms with Crippen LogP contribution in [-0.2, 0) is 4.79 Å². The standard InChI is InChI=1S/C19H21Cl2N3O.ClH/c20-16-7-4-8-17(21)19(16)23-18(25)12-24-10-14(9-22)15(11-24)13-5-2-1-3-6-13;/h1-8,14-15H,9-12,22H2,(H,23,25);1H/t14-,15+;/m1./s1. The number of likely N-dealkylation sites (tertiary alicyclic amines) is 1. The summed E-state index contributed by atoms with van der Waals surface area (Å²) in [7, 11) is 0. The Hall–Kier alpha value is -1.30. The van der Waals surface area contributed by atoms with Crippen LogP contribution in [0.3, 0.4) is 0 Å². The minimum atomic E-state index is -0.125. The number of carbonyl (C=O) groups excluding carboxylic acids is 1. The molecule has 1 aliphatic rings. The normalized spacial score (nSPS) is 19.8. The molecule has 1 aliphatic heterocycles. The lowest BCUT2D eigenvalue weighted by Crippen LogP contribution is -2.32. The van der Waals surface area contributed by atoms with E-state index in [0.717, 1.165) is 13.1 Å². The van der Waals surface area contributed by atoms with Crippen LogP contribution in [0, 0.1) is 5.92 Å². The van der Waals surface area contributed by atoms with E-state index < -0.39 is 0 Å². The highest BCUT2D eigenvalue weighted by atomic mass is 35.5. The average Bonchev–Trinajstić information content (AvgIpc) is 3.02. The Kier molecular flexibility index (Phi) is 7.74. The third-order valence-corrected chi connectivity index (χ3v) is 5.27. The van der Waals surface area contributed by atoms with Crippen molar-refractivity contribution in [3.63, 3.8) is 0 Å². The van der Waals surface area contributed by atoms with Crippen molar-refractivity contribution < 1.29 is 4.79 Å². The lowest BCUT2D eigenvalue weighted by Gasteiger charge is -2.17. The highest BCUT2D eigenvalue weighted by Crippen LogP contribution is 2.32. The van der Waals surface area contributed by atoms with E-state index in [0.29, 0.717) is 40.7 Å². The Balaban J connectivity index is 0.00000243. The van der Waals surface area contributed by atoms with Crippen LogP contribution in [0.2, 0.25) is 10.0 Å². The van der Waals surface area contributed by atoms with E-state index in [1.54, 1.807) is 18.2 Å². The number of carbonyl (C=O) groups is 1. The molecule has 1 saturated heterocycles. The van der Waals surface area contributed by atoms with Gasteiger partial charge in [0, 0.05) is 19.0 Å². The van der Waals surface area contributed by atoms with Crippen molar-refractivity contribution in [1.82, 2.24) is 4.90 Å². The molecule has 2 aromatic carbocycles. The second kappa shape index (κ2) is 9.58. The minimum absolute atomic E-state index is 0. The molecule has 2 aromatic rings. The molecule has 26 heavy (non-hydrogen) atoms. The molecule has 0 bridgehead atoms. The third-order valence-electron chi connectivity index (χ3n) is 4.64. The third kappa shape index (κ3) is 4.90. The van der Waals surface area contributed by atoms with Crippen molar-refractivity contribution in [3.05, 3.63) is 64.1 Å². The van der Waals surface area contributed by atoms with Crippen molar-refractivity contribution in [2.45, 2.75) is 5.92 Å². The number of hydrogen-bond acceptors (Lipinski definition) is 3. The highest BCUT2D eigenvalue weighted by molar-refractivity contribution is 6.39. The topological polar surface area (TPSA) is 58.4 Å². The van der Waals surface area contributed by atoms with Gasteiger partial charge in [-0.1, -0.05) is 59.6 Å². The van der Waals surface area contributed by atoms with E-state index >= 15 is 0 Å². The van der Waals surface area contributed by atoms with Gasteiger partial charge in [-0.05, 0) is 30.2 Å². The quantitative estimate of drug-likeness (QED) is 0.776. The van der Waals surface area contributed by atoms with Crippen molar-refractivity contribution in [1.29, 1.82) is 0 Å². The zero-order valence-electron chi connectivity index (χ0n) is 14.2. The Labute approximate surface area is 170 Å². The van der Waals surface area contributed by atoms with Gasteiger partial charge in [-0.15, -0.1) is 12.4 Å². The van der Waals surface area contributed by atoms with Crippen molar-refractivity contribution in [3.8, 4) is 0 Å². The van der Waals surface area contributed by atoms with Crippen LogP contribution < -0.4 is 11.1 Å². The van der Waals surface area contributed by atoms with Crippen LogP contribution in [0.5, 0.6) is 0 Å². The lowest BCUT2D eigenvalue weighted by atomic mass is 9.89. The van der Waals surface area contributed by atoms with Gasteiger partial charge in [0.1, 0.15) is 0 Å². The van der Waals surface area contributed by atoms with Gasteiger partial charge in [0.2, 0.25) is 5.91 Å². The van der Waals surface area contributed by atoms with E-state index in [9.17, 15) is 4.79 Å². The van der Waals surface area contributed by atoms with Gasteiger partial charge in [0.15, 0.2) is 0 Å². The molecule has 0 unspecified atom stereocenters. The van der Waals surface area contributed by atoms with Crippen LogP contribution in [-0.4, -0.2) is 37.0 Å². The molecule has 3 N–H and O–H groups in total. The number of nitrogens with zero attached hydrogens (tertiary/aromatic N) is 1. The van der Waals surface area contributed by atoms with Crippen molar-refractivity contribution >= 4 is 47.2 Å². The predicted octanol–water partition coefficient (Wildman–Crippen LogP) is 4.03. The number of anilines is 1. The van der Waals surface area contributed by atoms with Crippen LogP contribution in [0.25, 0.3) is 0 Å². The molecule has 7 heteroatoms. The van der Waals surface area contributed by atoms with Gasteiger partial charge < -0.3 is 11.1 Å². The number of amides is 1. The van der Waals surface area contributed by atoms with Crippen LogP contribution in [0.1, 0.15) is 11.5 Å². The smallest absolute Gasteiger partial charge is 0.238 e. The molecular formula is C19H22Cl3N3O. The maximum absolute atomic E-state index is 12.4. The predicted molar refractivity (Wildman–Crippen MR) is 111 cm³/mol. The number of para-hydroxylation sites is 1.